The van der Waals surface area contributed by atoms with Crippen molar-refractivity contribution in [2.24, 2.45) is 17.8 Å². The topological polar surface area (TPSA) is 12.0 Å². The SMILES string of the molecule is CCC1CCC(NC(C)CCC(C)C)C1C. The third-order valence-corrected chi connectivity index (χ3v) is 4.43. The van der Waals surface area contributed by atoms with Crippen LogP contribution < -0.4 is 5.32 Å². The van der Waals surface area contributed by atoms with Gasteiger partial charge in [0.15, 0.2) is 0 Å². The Labute approximate surface area is 102 Å². The van der Waals surface area contributed by atoms with E-state index in [1.165, 1.54) is 32.1 Å². The number of hydrogen-bond donors (Lipinski definition) is 1. The van der Waals surface area contributed by atoms with E-state index in [0.29, 0.717) is 6.04 Å². The maximum atomic E-state index is 3.85. The minimum absolute atomic E-state index is 0.699. The van der Waals surface area contributed by atoms with Gasteiger partial charge < -0.3 is 5.32 Å². The predicted octanol–water partition coefficient (Wildman–Crippen LogP) is 4.23. The van der Waals surface area contributed by atoms with Crippen LogP contribution >= 0.6 is 0 Å². The Kier molecular flexibility index (Phi) is 5.82. The average Bonchev–Trinajstić information content (AvgIpc) is 2.57. The third kappa shape index (κ3) is 4.08. The standard InChI is InChI=1S/C15H31N/c1-6-14-9-10-15(13(14)5)16-12(4)8-7-11(2)3/h11-16H,6-10H2,1-5H3. The molecule has 96 valence electrons. The molecule has 1 aliphatic rings. The highest BCUT2D eigenvalue weighted by Gasteiger charge is 2.31. The van der Waals surface area contributed by atoms with Crippen molar-refractivity contribution in [1.82, 2.24) is 5.32 Å². The van der Waals surface area contributed by atoms with Crippen LogP contribution in [-0.2, 0) is 0 Å². The van der Waals surface area contributed by atoms with E-state index in [2.05, 4.69) is 39.9 Å². The summed E-state index contributed by atoms with van der Waals surface area (Å²) in [7, 11) is 0. The highest BCUT2D eigenvalue weighted by molar-refractivity contribution is 4.87. The fourth-order valence-corrected chi connectivity index (χ4v) is 3.09. The molecule has 0 radical (unpaired) electrons. The molecule has 1 heteroatoms. The summed E-state index contributed by atoms with van der Waals surface area (Å²) in [6, 6.07) is 1.48. The Morgan fingerprint density at radius 2 is 1.81 bits per heavy atom. The van der Waals surface area contributed by atoms with Crippen LogP contribution in [0.2, 0.25) is 0 Å². The first-order valence-electron chi connectivity index (χ1n) is 7.30. The summed E-state index contributed by atoms with van der Waals surface area (Å²) < 4.78 is 0. The van der Waals surface area contributed by atoms with Gasteiger partial charge in [0.1, 0.15) is 0 Å². The van der Waals surface area contributed by atoms with Gasteiger partial charge in [-0.1, -0.05) is 34.1 Å². The van der Waals surface area contributed by atoms with Crippen LogP contribution in [0, 0.1) is 17.8 Å². The molecule has 0 spiro atoms. The molecule has 0 aliphatic heterocycles. The molecule has 1 aliphatic carbocycles. The lowest BCUT2D eigenvalue weighted by Crippen LogP contribution is -2.39. The maximum Gasteiger partial charge on any atom is 0.00979 e. The van der Waals surface area contributed by atoms with Crippen molar-refractivity contribution >= 4 is 0 Å². The van der Waals surface area contributed by atoms with Gasteiger partial charge in [0, 0.05) is 12.1 Å². The van der Waals surface area contributed by atoms with E-state index < -0.39 is 0 Å². The molecule has 0 aromatic rings. The summed E-state index contributed by atoms with van der Waals surface area (Å²) in [4.78, 5) is 0. The second-order valence-corrected chi connectivity index (χ2v) is 6.25. The van der Waals surface area contributed by atoms with Crippen LogP contribution in [0.15, 0.2) is 0 Å². The predicted molar refractivity (Wildman–Crippen MR) is 72.6 cm³/mol. The molecule has 4 atom stereocenters. The van der Waals surface area contributed by atoms with E-state index in [0.717, 1.165) is 23.8 Å². The molecule has 0 amide bonds. The van der Waals surface area contributed by atoms with Gasteiger partial charge in [0.2, 0.25) is 0 Å². The van der Waals surface area contributed by atoms with Crippen molar-refractivity contribution in [3.63, 3.8) is 0 Å². The van der Waals surface area contributed by atoms with E-state index >= 15 is 0 Å². The molecular weight excluding hydrogens is 194 g/mol. The molecule has 0 aromatic carbocycles. The summed E-state index contributed by atoms with van der Waals surface area (Å²) in [5.74, 6) is 2.69. The Bertz CT molecular complexity index is 188. The highest BCUT2D eigenvalue weighted by Crippen LogP contribution is 2.34. The number of hydrogen-bond acceptors (Lipinski definition) is 1. The summed E-state index contributed by atoms with van der Waals surface area (Å²) in [6.07, 6.45) is 6.88. The Balaban J connectivity index is 2.26. The molecular formula is C15H31N. The van der Waals surface area contributed by atoms with Gasteiger partial charge in [-0.05, 0) is 50.4 Å². The van der Waals surface area contributed by atoms with Gasteiger partial charge in [0.05, 0.1) is 0 Å². The molecule has 0 aromatic heterocycles. The first kappa shape index (κ1) is 14.0. The first-order chi connectivity index (χ1) is 7.54. The van der Waals surface area contributed by atoms with Crippen molar-refractivity contribution < 1.29 is 0 Å². The first-order valence-corrected chi connectivity index (χ1v) is 7.30. The summed E-state index contributed by atoms with van der Waals surface area (Å²) in [5.41, 5.74) is 0. The fraction of sp³-hybridized carbons (Fsp3) is 1.00. The monoisotopic (exact) mass is 225 g/mol. The molecule has 0 saturated heterocycles. The molecule has 0 heterocycles. The van der Waals surface area contributed by atoms with Crippen molar-refractivity contribution in [3.05, 3.63) is 0 Å². The Hall–Kier alpha value is -0.0400. The minimum atomic E-state index is 0.699. The van der Waals surface area contributed by atoms with Crippen LogP contribution in [0.3, 0.4) is 0 Å². The van der Waals surface area contributed by atoms with Gasteiger partial charge in [-0.15, -0.1) is 0 Å². The lowest BCUT2D eigenvalue weighted by molar-refractivity contribution is 0.314. The van der Waals surface area contributed by atoms with E-state index in [4.69, 9.17) is 0 Å². The zero-order valence-corrected chi connectivity index (χ0v) is 11.9. The van der Waals surface area contributed by atoms with Crippen molar-refractivity contribution in [3.8, 4) is 0 Å². The zero-order chi connectivity index (χ0) is 12.1. The van der Waals surface area contributed by atoms with Crippen molar-refractivity contribution in [2.75, 3.05) is 0 Å². The second kappa shape index (κ2) is 6.64. The largest absolute Gasteiger partial charge is 0.311 e. The molecule has 1 nitrogen and oxygen atoms in total. The van der Waals surface area contributed by atoms with Crippen LogP contribution in [0.25, 0.3) is 0 Å². The molecule has 4 unspecified atom stereocenters. The van der Waals surface area contributed by atoms with Gasteiger partial charge in [-0.3, -0.25) is 0 Å². The maximum absolute atomic E-state index is 3.85. The molecule has 1 N–H and O–H groups in total. The van der Waals surface area contributed by atoms with E-state index in [1.54, 1.807) is 0 Å². The molecule has 1 saturated carbocycles. The lowest BCUT2D eigenvalue weighted by Gasteiger charge is -2.25. The fourth-order valence-electron chi connectivity index (χ4n) is 3.09. The van der Waals surface area contributed by atoms with Crippen LogP contribution in [0.4, 0.5) is 0 Å². The lowest BCUT2D eigenvalue weighted by atomic mass is 9.93. The van der Waals surface area contributed by atoms with Gasteiger partial charge in [0.25, 0.3) is 0 Å². The molecule has 1 fully saturated rings. The quantitative estimate of drug-likeness (QED) is 0.713. The van der Waals surface area contributed by atoms with Crippen molar-refractivity contribution in [1.29, 1.82) is 0 Å². The van der Waals surface area contributed by atoms with Crippen LogP contribution in [0.5, 0.6) is 0 Å². The zero-order valence-electron chi connectivity index (χ0n) is 11.9. The van der Waals surface area contributed by atoms with Gasteiger partial charge in [-0.2, -0.15) is 0 Å². The number of nitrogens with one attached hydrogen (secondary N) is 1. The third-order valence-electron chi connectivity index (χ3n) is 4.43. The minimum Gasteiger partial charge on any atom is -0.311 e. The normalized spacial score (nSPS) is 32.2. The van der Waals surface area contributed by atoms with Crippen molar-refractivity contribution in [2.45, 2.75) is 78.8 Å². The average molecular weight is 225 g/mol. The Morgan fingerprint density at radius 3 is 2.31 bits per heavy atom. The van der Waals surface area contributed by atoms with Crippen LogP contribution in [-0.4, -0.2) is 12.1 Å². The molecule has 1 rings (SSSR count). The van der Waals surface area contributed by atoms with Gasteiger partial charge >= 0.3 is 0 Å². The highest BCUT2D eigenvalue weighted by atomic mass is 15.0. The van der Waals surface area contributed by atoms with E-state index in [-0.39, 0.29) is 0 Å². The smallest absolute Gasteiger partial charge is 0.00979 e. The van der Waals surface area contributed by atoms with Gasteiger partial charge in [-0.25, -0.2) is 0 Å². The van der Waals surface area contributed by atoms with Crippen LogP contribution in [0.1, 0.15) is 66.7 Å². The van der Waals surface area contributed by atoms with E-state index in [9.17, 15) is 0 Å². The summed E-state index contributed by atoms with van der Waals surface area (Å²) in [5, 5.41) is 3.85. The Morgan fingerprint density at radius 1 is 1.12 bits per heavy atom. The summed E-state index contributed by atoms with van der Waals surface area (Å²) >= 11 is 0. The summed E-state index contributed by atoms with van der Waals surface area (Å²) in [6.45, 7) is 11.8. The molecule has 0 bridgehead atoms. The second-order valence-electron chi connectivity index (χ2n) is 6.25. The van der Waals surface area contributed by atoms with E-state index in [1.807, 2.05) is 0 Å². The number of rotatable bonds is 6. The molecule has 16 heavy (non-hydrogen) atoms.